The van der Waals surface area contributed by atoms with Gasteiger partial charge in [0, 0.05) is 30.1 Å². The first-order valence-electron chi connectivity index (χ1n) is 5.64. The van der Waals surface area contributed by atoms with Gasteiger partial charge in [-0.25, -0.2) is 0 Å². The minimum Gasteiger partial charge on any atom is -0.288 e. The highest BCUT2D eigenvalue weighted by Gasteiger charge is 2.12. The van der Waals surface area contributed by atoms with Crippen LogP contribution in [0.15, 0.2) is 53.3 Å². The Morgan fingerprint density at radius 1 is 1.15 bits per heavy atom. The number of Topliss-reactive ketones (excluding diaryl/α,β-unsaturated/α-hetero) is 1. The second kappa shape index (κ2) is 6.21. The number of pyridine rings is 1. The average Bonchev–Trinajstić information content (AvgIpc) is 2.47. The molecule has 0 spiro atoms. The number of allylic oxidation sites excluding steroid dienone is 1. The van der Waals surface area contributed by atoms with E-state index in [0.717, 1.165) is 5.56 Å². The smallest absolute Gasteiger partial charge is 0.269 e. The van der Waals surface area contributed by atoms with Gasteiger partial charge in [0.15, 0.2) is 5.78 Å². The molecular weight excluding hydrogens is 324 g/mol. The molecule has 1 aromatic heterocycles. The molecule has 5 nitrogen and oxygen atoms in total. The molecule has 2 rings (SSSR count). The summed E-state index contributed by atoms with van der Waals surface area (Å²) in [6.45, 7) is 0. The van der Waals surface area contributed by atoms with E-state index in [1.165, 1.54) is 24.3 Å². The Bertz CT molecular complexity index is 667. The van der Waals surface area contributed by atoms with Crippen molar-refractivity contribution in [3.63, 3.8) is 0 Å². The second-order valence-electron chi connectivity index (χ2n) is 3.91. The molecule has 2 aromatic rings. The van der Waals surface area contributed by atoms with E-state index in [9.17, 15) is 14.9 Å². The van der Waals surface area contributed by atoms with Gasteiger partial charge in [0.2, 0.25) is 0 Å². The van der Waals surface area contributed by atoms with Crippen LogP contribution in [0.25, 0.3) is 6.08 Å². The predicted octanol–water partition coefficient (Wildman–Crippen LogP) is 3.61. The zero-order valence-electron chi connectivity index (χ0n) is 10.2. The lowest BCUT2D eigenvalue weighted by molar-refractivity contribution is -0.384. The third kappa shape index (κ3) is 3.36. The number of ketones is 1. The zero-order valence-corrected chi connectivity index (χ0v) is 11.8. The Labute approximate surface area is 123 Å². The number of non-ortho nitro benzene ring substituents is 1. The van der Waals surface area contributed by atoms with Crippen LogP contribution >= 0.6 is 15.9 Å². The van der Waals surface area contributed by atoms with Crippen LogP contribution < -0.4 is 0 Å². The summed E-state index contributed by atoms with van der Waals surface area (Å²) in [5.41, 5.74) is 1.17. The van der Waals surface area contributed by atoms with Gasteiger partial charge in [-0.15, -0.1) is 0 Å². The largest absolute Gasteiger partial charge is 0.288 e. The van der Waals surface area contributed by atoms with Crippen molar-refractivity contribution in [3.05, 3.63) is 74.5 Å². The van der Waals surface area contributed by atoms with Gasteiger partial charge in [-0.3, -0.25) is 19.9 Å². The summed E-state index contributed by atoms with van der Waals surface area (Å²) in [4.78, 5) is 26.1. The number of halogens is 1. The lowest BCUT2D eigenvalue weighted by Crippen LogP contribution is -1.99. The molecule has 0 aliphatic heterocycles. The van der Waals surface area contributed by atoms with Crippen LogP contribution in [-0.4, -0.2) is 15.7 Å². The van der Waals surface area contributed by atoms with Gasteiger partial charge in [-0.2, -0.15) is 0 Å². The Morgan fingerprint density at radius 2 is 1.75 bits per heavy atom. The lowest BCUT2D eigenvalue weighted by atomic mass is 10.1. The highest BCUT2D eigenvalue weighted by molar-refractivity contribution is 9.12. The van der Waals surface area contributed by atoms with Gasteiger partial charge in [0.1, 0.15) is 0 Å². The number of nitro benzene ring substituents is 1. The predicted molar refractivity (Wildman–Crippen MR) is 78.6 cm³/mol. The number of nitro groups is 1. The Hall–Kier alpha value is -2.34. The topological polar surface area (TPSA) is 73.1 Å². The fraction of sp³-hybridized carbons (Fsp3) is 0. The summed E-state index contributed by atoms with van der Waals surface area (Å²) in [7, 11) is 0. The number of carbonyl (C=O) groups is 1. The number of hydrogen-bond donors (Lipinski definition) is 0. The van der Waals surface area contributed by atoms with Gasteiger partial charge in [-0.1, -0.05) is 0 Å². The molecule has 0 fully saturated rings. The molecule has 0 atom stereocenters. The summed E-state index contributed by atoms with van der Waals surface area (Å²) in [5.74, 6) is -0.239. The van der Waals surface area contributed by atoms with Gasteiger partial charge >= 0.3 is 0 Å². The number of benzene rings is 1. The van der Waals surface area contributed by atoms with Gasteiger partial charge in [-0.05, 0) is 51.8 Å². The van der Waals surface area contributed by atoms with Crippen molar-refractivity contribution in [2.75, 3.05) is 0 Å². The minimum absolute atomic E-state index is 0.0456. The van der Waals surface area contributed by atoms with Gasteiger partial charge < -0.3 is 0 Å². The SMILES string of the molecule is O=C(/C(Br)=C/c1ccncc1)c1ccc([N+](=O)[O-])cc1. The van der Waals surface area contributed by atoms with E-state index in [1.807, 2.05) is 0 Å². The van der Waals surface area contributed by atoms with Crippen LogP contribution in [0.3, 0.4) is 0 Å². The quantitative estimate of drug-likeness (QED) is 0.371. The molecule has 0 aliphatic carbocycles. The van der Waals surface area contributed by atoms with Gasteiger partial charge in [0.25, 0.3) is 5.69 Å². The first kappa shape index (κ1) is 14.1. The standard InChI is InChI=1S/C14H9BrN2O3/c15-13(9-10-5-7-16-8-6-10)14(18)11-1-3-12(4-2-11)17(19)20/h1-9H/b13-9-. The minimum atomic E-state index is -0.504. The number of nitrogens with zero attached hydrogens (tertiary/aromatic N) is 2. The Balaban J connectivity index is 2.22. The summed E-state index contributed by atoms with van der Waals surface area (Å²) in [5, 5.41) is 10.6. The van der Waals surface area contributed by atoms with Crippen molar-refractivity contribution in [1.29, 1.82) is 0 Å². The second-order valence-corrected chi connectivity index (χ2v) is 4.76. The van der Waals surface area contributed by atoms with Crippen LogP contribution in [0.5, 0.6) is 0 Å². The first-order chi connectivity index (χ1) is 9.58. The maximum atomic E-state index is 12.1. The van der Waals surface area contributed by atoms with Crippen molar-refractivity contribution >= 4 is 33.5 Å². The van der Waals surface area contributed by atoms with Crippen LogP contribution in [0, 0.1) is 10.1 Å². The fourth-order valence-corrected chi connectivity index (χ4v) is 2.04. The molecule has 0 radical (unpaired) electrons. The van der Waals surface area contributed by atoms with E-state index in [4.69, 9.17) is 0 Å². The van der Waals surface area contributed by atoms with E-state index in [1.54, 1.807) is 30.6 Å². The molecule has 0 amide bonds. The maximum Gasteiger partial charge on any atom is 0.269 e. The van der Waals surface area contributed by atoms with Crippen LogP contribution in [-0.2, 0) is 0 Å². The monoisotopic (exact) mass is 332 g/mol. The summed E-state index contributed by atoms with van der Waals surface area (Å²) >= 11 is 3.22. The van der Waals surface area contributed by atoms with Crippen LogP contribution in [0.4, 0.5) is 5.69 Å². The number of rotatable bonds is 4. The van der Waals surface area contributed by atoms with E-state index in [2.05, 4.69) is 20.9 Å². The number of hydrogen-bond acceptors (Lipinski definition) is 4. The highest BCUT2D eigenvalue weighted by atomic mass is 79.9. The molecule has 1 aromatic carbocycles. The molecule has 0 N–H and O–H groups in total. The first-order valence-corrected chi connectivity index (χ1v) is 6.43. The maximum absolute atomic E-state index is 12.1. The third-order valence-electron chi connectivity index (χ3n) is 2.56. The Morgan fingerprint density at radius 3 is 2.30 bits per heavy atom. The van der Waals surface area contributed by atoms with Crippen molar-refractivity contribution in [3.8, 4) is 0 Å². The molecule has 20 heavy (non-hydrogen) atoms. The molecule has 0 saturated heterocycles. The van der Waals surface area contributed by atoms with E-state index in [0.29, 0.717) is 10.0 Å². The summed E-state index contributed by atoms with van der Waals surface area (Å²) < 4.78 is 0.373. The van der Waals surface area contributed by atoms with E-state index in [-0.39, 0.29) is 11.5 Å². The number of carbonyl (C=O) groups excluding carboxylic acids is 1. The van der Waals surface area contributed by atoms with Gasteiger partial charge in [0.05, 0.1) is 9.41 Å². The Kier molecular flexibility index (Phi) is 4.37. The molecule has 1 heterocycles. The molecule has 0 aliphatic rings. The summed E-state index contributed by atoms with van der Waals surface area (Å²) in [6.07, 6.45) is 4.93. The molecular formula is C14H9BrN2O3. The fourth-order valence-electron chi connectivity index (χ4n) is 1.54. The van der Waals surface area contributed by atoms with Crippen molar-refractivity contribution in [2.24, 2.45) is 0 Å². The molecule has 100 valence electrons. The van der Waals surface area contributed by atoms with Crippen LogP contribution in [0.1, 0.15) is 15.9 Å². The summed E-state index contributed by atoms with van der Waals surface area (Å²) in [6, 6.07) is 9.01. The van der Waals surface area contributed by atoms with E-state index < -0.39 is 4.92 Å². The highest BCUT2D eigenvalue weighted by Crippen LogP contribution is 2.19. The molecule has 0 unspecified atom stereocenters. The average molecular weight is 333 g/mol. The lowest BCUT2D eigenvalue weighted by Gasteiger charge is -2.00. The van der Waals surface area contributed by atoms with Crippen molar-refractivity contribution in [2.45, 2.75) is 0 Å². The van der Waals surface area contributed by atoms with Crippen LogP contribution in [0.2, 0.25) is 0 Å². The zero-order chi connectivity index (χ0) is 14.5. The third-order valence-corrected chi connectivity index (χ3v) is 3.15. The number of aromatic nitrogens is 1. The molecule has 6 heteroatoms. The van der Waals surface area contributed by atoms with Crippen molar-refractivity contribution < 1.29 is 9.72 Å². The molecule has 0 saturated carbocycles. The molecule has 0 bridgehead atoms. The normalized spacial score (nSPS) is 11.2. The van der Waals surface area contributed by atoms with Crippen molar-refractivity contribution in [1.82, 2.24) is 4.98 Å². The van der Waals surface area contributed by atoms with E-state index >= 15 is 0 Å².